The van der Waals surface area contributed by atoms with Crippen molar-refractivity contribution in [3.8, 4) is 0 Å². The van der Waals surface area contributed by atoms with Crippen LogP contribution < -0.4 is 10.6 Å². The normalized spacial score (nSPS) is 18.8. The fourth-order valence-electron chi connectivity index (χ4n) is 3.68. The van der Waals surface area contributed by atoms with E-state index < -0.39 is 0 Å². The number of aromatic nitrogens is 2. The smallest absolute Gasteiger partial charge is 0.191 e. The van der Waals surface area contributed by atoms with Crippen LogP contribution in [0.4, 0.5) is 0 Å². The van der Waals surface area contributed by atoms with E-state index in [4.69, 9.17) is 4.74 Å². The highest BCUT2D eigenvalue weighted by Crippen LogP contribution is 2.25. The summed E-state index contributed by atoms with van der Waals surface area (Å²) in [6.07, 6.45) is 3.00. The summed E-state index contributed by atoms with van der Waals surface area (Å²) < 4.78 is 7.51. The zero-order chi connectivity index (χ0) is 19.3. The molecule has 0 saturated carbocycles. The molecule has 2 heterocycles. The maximum Gasteiger partial charge on any atom is 0.191 e. The van der Waals surface area contributed by atoms with Crippen LogP contribution in [0.15, 0.2) is 4.99 Å². The number of rotatable bonds is 6. The Labute approximate surface area is 158 Å². The second-order valence-corrected chi connectivity index (χ2v) is 7.68. The van der Waals surface area contributed by atoms with Crippen molar-refractivity contribution in [2.45, 2.75) is 51.6 Å². The first-order valence-corrected chi connectivity index (χ1v) is 9.50. The fourth-order valence-corrected chi connectivity index (χ4v) is 3.68. The quantitative estimate of drug-likeness (QED) is 0.587. The van der Waals surface area contributed by atoms with Crippen molar-refractivity contribution in [1.29, 1.82) is 0 Å². The Bertz CT molecular complexity index is 616. The number of hydrogen-bond donors (Lipinski definition) is 2. The van der Waals surface area contributed by atoms with Gasteiger partial charge in [-0.05, 0) is 59.7 Å². The summed E-state index contributed by atoms with van der Waals surface area (Å²) in [5.74, 6) is 0.851. The number of nitrogens with one attached hydrogen (secondary N) is 2. The molecule has 148 valence electrons. The average molecular weight is 365 g/mol. The van der Waals surface area contributed by atoms with Crippen molar-refractivity contribution in [2.24, 2.45) is 12.0 Å². The monoisotopic (exact) mass is 364 g/mol. The van der Waals surface area contributed by atoms with E-state index in [9.17, 15) is 0 Å². The molecule has 2 N–H and O–H groups in total. The van der Waals surface area contributed by atoms with Gasteiger partial charge >= 0.3 is 0 Å². The number of nitrogens with zero attached hydrogens (tertiary/aromatic N) is 4. The molecule has 0 aliphatic carbocycles. The predicted molar refractivity (Wildman–Crippen MR) is 107 cm³/mol. The van der Waals surface area contributed by atoms with Crippen LogP contribution >= 0.6 is 0 Å². The minimum Gasteiger partial charge on any atom is -0.381 e. The van der Waals surface area contributed by atoms with Crippen LogP contribution in [-0.2, 0) is 18.2 Å². The summed E-state index contributed by atoms with van der Waals surface area (Å²) in [6.45, 7) is 8.90. The highest BCUT2D eigenvalue weighted by molar-refractivity contribution is 5.80. The van der Waals surface area contributed by atoms with Gasteiger partial charge in [0.05, 0.1) is 5.69 Å². The Morgan fingerprint density at radius 1 is 1.35 bits per heavy atom. The Morgan fingerprint density at radius 3 is 2.50 bits per heavy atom. The predicted octanol–water partition coefficient (Wildman–Crippen LogP) is 1.24. The molecule has 0 amide bonds. The lowest BCUT2D eigenvalue weighted by molar-refractivity contribution is -0.00502. The van der Waals surface area contributed by atoms with E-state index in [1.807, 2.05) is 18.8 Å². The lowest BCUT2D eigenvalue weighted by Gasteiger charge is -2.43. The molecular weight excluding hydrogens is 328 g/mol. The van der Waals surface area contributed by atoms with Crippen molar-refractivity contribution in [2.75, 3.05) is 40.9 Å². The van der Waals surface area contributed by atoms with Crippen molar-refractivity contribution in [3.05, 3.63) is 17.0 Å². The molecule has 1 saturated heterocycles. The molecule has 7 nitrogen and oxygen atoms in total. The molecule has 7 heteroatoms. The van der Waals surface area contributed by atoms with E-state index in [-0.39, 0.29) is 11.6 Å². The molecule has 1 aliphatic rings. The number of ether oxygens (including phenoxy) is 1. The van der Waals surface area contributed by atoms with Crippen molar-refractivity contribution < 1.29 is 4.74 Å². The molecule has 0 bridgehead atoms. The maximum atomic E-state index is 5.56. The summed E-state index contributed by atoms with van der Waals surface area (Å²) in [7, 11) is 8.13. The molecule has 0 spiro atoms. The molecular formula is C19H36N6O. The Kier molecular flexibility index (Phi) is 7.06. The first-order valence-electron chi connectivity index (χ1n) is 9.50. The van der Waals surface area contributed by atoms with E-state index in [2.05, 4.69) is 60.5 Å². The Hall–Kier alpha value is -1.60. The van der Waals surface area contributed by atoms with Gasteiger partial charge in [-0.3, -0.25) is 9.67 Å². The van der Waals surface area contributed by atoms with Gasteiger partial charge < -0.3 is 20.3 Å². The minimum absolute atomic E-state index is 0.121. The molecule has 1 aromatic rings. The number of hydrogen-bond acceptors (Lipinski definition) is 4. The molecule has 1 aromatic heterocycles. The van der Waals surface area contributed by atoms with Gasteiger partial charge in [0.25, 0.3) is 0 Å². The maximum absolute atomic E-state index is 5.56. The minimum atomic E-state index is 0.121. The van der Waals surface area contributed by atoms with Gasteiger partial charge in [-0.2, -0.15) is 5.10 Å². The summed E-state index contributed by atoms with van der Waals surface area (Å²) in [6, 6.07) is 0.271. The van der Waals surface area contributed by atoms with E-state index in [0.717, 1.165) is 50.7 Å². The first kappa shape index (κ1) is 20.7. The average Bonchev–Trinajstić information content (AvgIpc) is 2.85. The van der Waals surface area contributed by atoms with Crippen LogP contribution in [0.2, 0.25) is 0 Å². The summed E-state index contributed by atoms with van der Waals surface area (Å²) in [5.41, 5.74) is 3.77. The van der Waals surface area contributed by atoms with Gasteiger partial charge in [0.15, 0.2) is 5.96 Å². The number of aryl methyl sites for hydroxylation is 2. The topological polar surface area (TPSA) is 66.7 Å². The Morgan fingerprint density at radius 2 is 2.00 bits per heavy atom. The molecule has 0 aromatic carbocycles. The van der Waals surface area contributed by atoms with Crippen LogP contribution in [0.5, 0.6) is 0 Å². The highest BCUT2D eigenvalue weighted by Gasteiger charge is 2.34. The van der Waals surface area contributed by atoms with Gasteiger partial charge in [0.2, 0.25) is 0 Å². The second-order valence-electron chi connectivity index (χ2n) is 7.68. The Balaban J connectivity index is 1.94. The zero-order valence-electron chi connectivity index (χ0n) is 17.5. The summed E-state index contributed by atoms with van der Waals surface area (Å²) in [5, 5.41) is 11.6. The van der Waals surface area contributed by atoms with Crippen LogP contribution in [0.1, 0.15) is 36.7 Å². The first-order chi connectivity index (χ1) is 12.3. The fraction of sp³-hybridized carbons (Fsp3) is 0.789. The second kappa shape index (κ2) is 8.86. The molecule has 2 rings (SSSR count). The SMILES string of the molecule is CN=C(NCC1(N(C)C)CCOCC1)NC(C)Cc1c(C)nn(C)c1C. The zero-order valence-corrected chi connectivity index (χ0v) is 17.5. The van der Waals surface area contributed by atoms with Crippen LogP contribution in [0, 0.1) is 13.8 Å². The third-order valence-electron chi connectivity index (χ3n) is 5.73. The number of aliphatic imine (C=N–C) groups is 1. The van der Waals surface area contributed by atoms with E-state index in [1.165, 1.54) is 11.3 Å². The van der Waals surface area contributed by atoms with Gasteiger partial charge in [0.1, 0.15) is 0 Å². The van der Waals surface area contributed by atoms with Gasteiger partial charge in [-0.1, -0.05) is 0 Å². The van der Waals surface area contributed by atoms with Gasteiger partial charge in [-0.25, -0.2) is 0 Å². The lowest BCUT2D eigenvalue weighted by Crippen LogP contribution is -2.57. The van der Waals surface area contributed by atoms with E-state index in [1.54, 1.807) is 0 Å². The molecule has 0 radical (unpaired) electrons. The third-order valence-corrected chi connectivity index (χ3v) is 5.73. The molecule has 1 unspecified atom stereocenters. The molecule has 1 atom stereocenters. The lowest BCUT2D eigenvalue weighted by atomic mass is 9.88. The summed E-state index contributed by atoms with van der Waals surface area (Å²) in [4.78, 5) is 6.74. The van der Waals surface area contributed by atoms with Gasteiger partial charge in [0, 0.05) is 51.1 Å². The van der Waals surface area contributed by atoms with Gasteiger partial charge in [-0.15, -0.1) is 0 Å². The molecule has 1 fully saturated rings. The van der Waals surface area contributed by atoms with Crippen molar-refractivity contribution >= 4 is 5.96 Å². The third kappa shape index (κ3) is 4.76. The van der Waals surface area contributed by atoms with E-state index >= 15 is 0 Å². The van der Waals surface area contributed by atoms with Crippen molar-refractivity contribution in [1.82, 2.24) is 25.3 Å². The number of guanidine groups is 1. The van der Waals surface area contributed by atoms with Crippen LogP contribution in [0.3, 0.4) is 0 Å². The van der Waals surface area contributed by atoms with E-state index in [0.29, 0.717) is 0 Å². The summed E-state index contributed by atoms with van der Waals surface area (Å²) >= 11 is 0. The van der Waals surface area contributed by atoms with Crippen molar-refractivity contribution in [3.63, 3.8) is 0 Å². The number of likely N-dealkylation sites (N-methyl/N-ethyl adjacent to an activating group) is 1. The largest absolute Gasteiger partial charge is 0.381 e. The highest BCUT2D eigenvalue weighted by atomic mass is 16.5. The molecule has 1 aliphatic heterocycles. The van der Waals surface area contributed by atoms with Crippen LogP contribution in [0.25, 0.3) is 0 Å². The molecule has 26 heavy (non-hydrogen) atoms. The standard InChI is InChI=1S/C19H36N6O/c1-14(12-17-15(2)23-25(7)16(17)3)22-18(20-4)21-13-19(24(5)6)8-10-26-11-9-19/h14H,8-13H2,1-7H3,(H2,20,21,22). The van der Waals surface area contributed by atoms with Crippen LogP contribution in [-0.4, -0.2) is 73.1 Å².